The lowest BCUT2D eigenvalue weighted by Crippen LogP contribution is -2.12. The minimum absolute atomic E-state index is 0.375. The van der Waals surface area contributed by atoms with E-state index in [1.54, 1.807) is 18.8 Å². The van der Waals surface area contributed by atoms with Crippen molar-refractivity contribution in [2.24, 2.45) is 0 Å². The number of aromatic nitrogens is 3. The van der Waals surface area contributed by atoms with Crippen LogP contribution in [0.3, 0.4) is 0 Å². The summed E-state index contributed by atoms with van der Waals surface area (Å²) in [6.45, 7) is 0. The van der Waals surface area contributed by atoms with Crippen LogP contribution in [-0.2, 0) is 0 Å². The van der Waals surface area contributed by atoms with Crippen LogP contribution in [0.2, 0.25) is 0 Å². The number of fused-ring (bicyclic) bond motifs is 1. The molecule has 0 spiro atoms. The van der Waals surface area contributed by atoms with E-state index in [1.165, 1.54) is 11.3 Å². The molecular formula is C7H8N4OS2. The molecule has 0 bridgehead atoms. The number of nitrogens with one attached hydrogen (secondary N) is 2. The first-order valence-corrected chi connectivity index (χ1v) is 5.91. The Labute approximate surface area is 88.0 Å². The molecule has 0 aromatic carbocycles. The fourth-order valence-electron chi connectivity index (χ4n) is 1.08. The Kier molecular flexibility index (Phi) is 2.42. The summed E-state index contributed by atoms with van der Waals surface area (Å²) in [6, 6.07) is 0. The van der Waals surface area contributed by atoms with E-state index in [-0.39, 0.29) is 5.69 Å². The predicted octanol–water partition coefficient (Wildman–Crippen LogP) is 1.14. The van der Waals surface area contributed by atoms with Crippen molar-refractivity contribution in [2.75, 3.05) is 18.6 Å². The van der Waals surface area contributed by atoms with Gasteiger partial charge in [-0.1, -0.05) is 11.8 Å². The minimum Gasteiger partial charge on any atom is -0.372 e. The summed E-state index contributed by atoms with van der Waals surface area (Å²) in [5.41, 5.74) is 0.225. The highest BCUT2D eigenvalue weighted by Crippen LogP contribution is 2.29. The van der Waals surface area contributed by atoms with Crippen LogP contribution >= 0.6 is 23.1 Å². The molecule has 0 saturated heterocycles. The maximum absolute atomic E-state index is 11.1. The lowest BCUT2D eigenvalue weighted by atomic mass is 10.5. The highest BCUT2D eigenvalue weighted by atomic mass is 32.2. The number of aromatic amines is 1. The molecule has 0 atom stereocenters. The van der Waals surface area contributed by atoms with Crippen molar-refractivity contribution in [1.29, 1.82) is 0 Å². The fraction of sp³-hybridized carbons (Fsp3) is 0.286. The van der Waals surface area contributed by atoms with E-state index in [2.05, 4.69) is 20.3 Å². The Morgan fingerprint density at radius 3 is 2.93 bits per heavy atom. The van der Waals surface area contributed by atoms with Crippen molar-refractivity contribution in [1.82, 2.24) is 15.0 Å². The first-order chi connectivity index (χ1) is 6.74. The first-order valence-electron chi connectivity index (χ1n) is 3.87. The standard InChI is InChI=1S/C7H8N4OS2/c1-8-4-3-5(10-6(12)9-4)11-7(13-2)14-3/h1-2H3,(H2,8,9,10,12). The van der Waals surface area contributed by atoms with Crippen LogP contribution in [0.25, 0.3) is 10.3 Å². The van der Waals surface area contributed by atoms with Gasteiger partial charge in [-0.25, -0.2) is 9.78 Å². The highest BCUT2D eigenvalue weighted by Gasteiger charge is 2.09. The summed E-state index contributed by atoms with van der Waals surface area (Å²) in [5, 5.41) is 2.88. The minimum atomic E-state index is -0.375. The number of nitrogens with zero attached hydrogens (tertiary/aromatic N) is 2. The topological polar surface area (TPSA) is 70.7 Å². The molecule has 0 amide bonds. The molecular weight excluding hydrogens is 220 g/mol. The summed E-state index contributed by atoms with van der Waals surface area (Å²) in [5.74, 6) is 0.585. The Morgan fingerprint density at radius 1 is 1.50 bits per heavy atom. The van der Waals surface area contributed by atoms with Gasteiger partial charge < -0.3 is 5.32 Å². The third-order valence-electron chi connectivity index (χ3n) is 1.67. The van der Waals surface area contributed by atoms with Gasteiger partial charge in [-0.15, -0.1) is 11.3 Å². The average Bonchev–Trinajstić information content (AvgIpc) is 2.59. The summed E-state index contributed by atoms with van der Waals surface area (Å²) in [7, 11) is 1.74. The van der Waals surface area contributed by atoms with Crippen molar-refractivity contribution >= 4 is 39.3 Å². The van der Waals surface area contributed by atoms with Crippen molar-refractivity contribution < 1.29 is 0 Å². The number of hydrogen-bond donors (Lipinski definition) is 2. The average molecular weight is 228 g/mol. The van der Waals surface area contributed by atoms with Gasteiger partial charge in [0.2, 0.25) is 0 Å². The summed E-state index contributed by atoms with van der Waals surface area (Å²) >= 11 is 3.06. The van der Waals surface area contributed by atoms with Gasteiger partial charge in [-0.05, 0) is 6.26 Å². The second kappa shape index (κ2) is 3.58. The van der Waals surface area contributed by atoms with Gasteiger partial charge in [-0.3, -0.25) is 4.98 Å². The molecule has 0 saturated carbocycles. The van der Waals surface area contributed by atoms with E-state index in [1.807, 2.05) is 6.26 Å². The Balaban J connectivity index is 2.78. The van der Waals surface area contributed by atoms with E-state index >= 15 is 0 Å². The van der Waals surface area contributed by atoms with E-state index in [0.29, 0.717) is 11.5 Å². The third kappa shape index (κ3) is 1.48. The second-order valence-electron chi connectivity index (χ2n) is 2.50. The maximum Gasteiger partial charge on any atom is 0.348 e. The number of anilines is 1. The number of thiazole rings is 1. The fourth-order valence-corrected chi connectivity index (χ4v) is 2.60. The molecule has 5 nitrogen and oxygen atoms in total. The highest BCUT2D eigenvalue weighted by molar-refractivity contribution is 8.00. The number of rotatable bonds is 2. The Morgan fingerprint density at radius 2 is 2.29 bits per heavy atom. The quantitative estimate of drug-likeness (QED) is 0.754. The van der Waals surface area contributed by atoms with Crippen molar-refractivity contribution in [3.63, 3.8) is 0 Å². The smallest absolute Gasteiger partial charge is 0.348 e. The van der Waals surface area contributed by atoms with Gasteiger partial charge >= 0.3 is 5.69 Å². The number of thioether (sulfide) groups is 1. The van der Waals surface area contributed by atoms with Gasteiger partial charge in [0.05, 0.1) is 0 Å². The number of hydrogen-bond acceptors (Lipinski definition) is 6. The van der Waals surface area contributed by atoms with Gasteiger partial charge in [-0.2, -0.15) is 4.98 Å². The summed E-state index contributed by atoms with van der Waals surface area (Å²) < 4.78 is 1.80. The molecule has 0 aliphatic rings. The molecule has 0 radical (unpaired) electrons. The van der Waals surface area contributed by atoms with Crippen LogP contribution < -0.4 is 11.0 Å². The van der Waals surface area contributed by atoms with Crippen LogP contribution in [0, 0.1) is 0 Å². The monoisotopic (exact) mass is 228 g/mol. The van der Waals surface area contributed by atoms with E-state index < -0.39 is 0 Å². The molecule has 2 N–H and O–H groups in total. The summed E-state index contributed by atoms with van der Waals surface area (Å²) in [6.07, 6.45) is 1.95. The van der Waals surface area contributed by atoms with Crippen molar-refractivity contribution in [3.8, 4) is 0 Å². The Hall–Kier alpha value is -1.08. The molecule has 2 rings (SSSR count). The van der Waals surface area contributed by atoms with Crippen molar-refractivity contribution in [2.45, 2.75) is 4.34 Å². The van der Waals surface area contributed by atoms with E-state index in [4.69, 9.17) is 0 Å². The Bertz CT molecular complexity index is 518. The molecule has 74 valence electrons. The van der Waals surface area contributed by atoms with Gasteiger partial charge in [0.1, 0.15) is 4.70 Å². The predicted molar refractivity (Wildman–Crippen MR) is 59.4 cm³/mol. The maximum atomic E-state index is 11.1. The third-order valence-corrected chi connectivity index (χ3v) is 3.72. The zero-order chi connectivity index (χ0) is 10.1. The molecule has 2 heterocycles. The van der Waals surface area contributed by atoms with Crippen LogP contribution in [-0.4, -0.2) is 28.3 Å². The van der Waals surface area contributed by atoms with E-state index in [9.17, 15) is 4.79 Å². The van der Waals surface area contributed by atoms with Gasteiger partial charge in [0.25, 0.3) is 0 Å². The number of H-pyrrole nitrogens is 1. The normalized spacial score (nSPS) is 10.7. The molecule has 0 aliphatic carbocycles. The largest absolute Gasteiger partial charge is 0.372 e. The molecule has 0 unspecified atom stereocenters. The summed E-state index contributed by atoms with van der Waals surface area (Å²) in [4.78, 5) is 21.8. The van der Waals surface area contributed by atoms with Crippen LogP contribution in [0.1, 0.15) is 0 Å². The zero-order valence-electron chi connectivity index (χ0n) is 7.62. The molecule has 14 heavy (non-hydrogen) atoms. The molecule has 7 heteroatoms. The van der Waals surface area contributed by atoms with Gasteiger partial charge in [0, 0.05) is 7.05 Å². The molecule has 2 aromatic heterocycles. The van der Waals surface area contributed by atoms with Crippen molar-refractivity contribution in [3.05, 3.63) is 10.5 Å². The van der Waals surface area contributed by atoms with Gasteiger partial charge in [0.15, 0.2) is 15.8 Å². The van der Waals surface area contributed by atoms with Crippen LogP contribution in [0.15, 0.2) is 9.13 Å². The molecule has 0 fully saturated rings. The van der Waals surface area contributed by atoms with Crippen LogP contribution in [0.4, 0.5) is 5.82 Å². The zero-order valence-corrected chi connectivity index (χ0v) is 9.25. The lowest BCUT2D eigenvalue weighted by molar-refractivity contribution is 1.09. The first kappa shape index (κ1) is 9.47. The second-order valence-corrected chi connectivity index (χ2v) is 4.55. The van der Waals surface area contributed by atoms with E-state index in [0.717, 1.165) is 9.04 Å². The lowest BCUT2D eigenvalue weighted by Gasteiger charge is -1.96. The SMILES string of the molecule is CNc1nc(=O)[nH]c2nc(SC)sc12. The van der Waals surface area contributed by atoms with Crippen LogP contribution in [0.5, 0.6) is 0 Å². The molecule has 2 aromatic rings. The molecule has 0 aliphatic heterocycles.